The average Bonchev–Trinajstić information content (AvgIpc) is 3.39. The summed E-state index contributed by atoms with van der Waals surface area (Å²) in [5.41, 5.74) is 7.03. The smallest absolute Gasteiger partial charge is 0.348 e. The van der Waals surface area contributed by atoms with Crippen LogP contribution in [0.15, 0.2) is 11.1 Å². The fourth-order valence-corrected chi connectivity index (χ4v) is 7.42. The van der Waals surface area contributed by atoms with Gasteiger partial charge in [0.2, 0.25) is 5.91 Å². The number of primary amides is 1. The molecule has 0 spiro atoms. The van der Waals surface area contributed by atoms with Crippen molar-refractivity contribution in [1.82, 2.24) is 9.55 Å². The van der Waals surface area contributed by atoms with Gasteiger partial charge in [0.05, 0.1) is 17.3 Å². The fourth-order valence-electron chi connectivity index (χ4n) is 5.09. The third-order valence-corrected chi connectivity index (χ3v) is 9.30. The highest BCUT2D eigenvalue weighted by Gasteiger charge is 2.26. The number of rotatable bonds is 6. The molecule has 0 bridgehead atoms. The minimum Gasteiger partial charge on any atom is -0.458 e. The molecule has 1 fully saturated rings. The van der Waals surface area contributed by atoms with Gasteiger partial charge in [0.25, 0.3) is 11.5 Å². The van der Waals surface area contributed by atoms with E-state index in [0.717, 1.165) is 79.6 Å². The lowest BCUT2D eigenvalue weighted by atomic mass is 9.95. The summed E-state index contributed by atoms with van der Waals surface area (Å²) in [7, 11) is 0. The lowest BCUT2D eigenvalue weighted by Gasteiger charge is -2.21. The Labute approximate surface area is 215 Å². The van der Waals surface area contributed by atoms with E-state index in [4.69, 9.17) is 10.5 Å². The summed E-state index contributed by atoms with van der Waals surface area (Å²) in [4.78, 5) is 57.2. The maximum absolute atomic E-state index is 13.2. The van der Waals surface area contributed by atoms with E-state index in [2.05, 4.69) is 10.3 Å². The first-order valence-corrected chi connectivity index (χ1v) is 13.9. The molecule has 5 rings (SSSR count). The summed E-state index contributed by atoms with van der Waals surface area (Å²) in [6.07, 6.45) is 9.85. The van der Waals surface area contributed by atoms with Crippen molar-refractivity contribution in [3.05, 3.63) is 43.1 Å². The molecule has 190 valence electrons. The molecule has 2 aliphatic carbocycles. The van der Waals surface area contributed by atoms with Gasteiger partial charge in [0, 0.05) is 4.88 Å². The number of carbonyl (C=O) groups is 3. The molecule has 36 heavy (non-hydrogen) atoms. The summed E-state index contributed by atoms with van der Waals surface area (Å²) in [6.45, 7) is 1.43. The van der Waals surface area contributed by atoms with Crippen LogP contribution in [0.2, 0.25) is 0 Å². The minimum atomic E-state index is -0.563. The molecular formula is C25H28N4O5S2. The largest absolute Gasteiger partial charge is 0.458 e. The van der Waals surface area contributed by atoms with E-state index in [-0.39, 0.29) is 12.6 Å². The highest BCUT2D eigenvalue weighted by molar-refractivity contribution is 7.20. The van der Waals surface area contributed by atoms with E-state index in [1.165, 1.54) is 22.2 Å². The van der Waals surface area contributed by atoms with Crippen LogP contribution < -0.4 is 16.6 Å². The third kappa shape index (κ3) is 4.69. The van der Waals surface area contributed by atoms with Gasteiger partial charge in [-0.3, -0.25) is 19.0 Å². The zero-order valence-corrected chi connectivity index (χ0v) is 21.7. The molecule has 2 amide bonds. The van der Waals surface area contributed by atoms with Gasteiger partial charge in [-0.05, 0) is 69.4 Å². The Morgan fingerprint density at radius 2 is 1.89 bits per heavy atom. The van der Waals surface area contributed by atoms with Crippen molar-refractivity contribution in [1.29, 1.82) is 0 Å². The molecule has 0 aliphatic heterocycles. The van der Waals surface area contributed by atoms with Crippen LogP contribution in [-0.4, -0.2) is 33.4 Å². The molecule has 0 unspecified atom stereocenters. The van der Waals surface area contributed by atoms with Crippen LogP contribution in [0.5, 0.6) is 0 Å². The number of carbonyl (C=O) groups excluding carboxylic acids is 3. The molecule has 1 saturated carbocycles. The molecule has 11 heteroatoms. The Balaban J connectivity index is 1.36. The van der Waals surface area contributed by atoms with Crippen molar-refractivity contribution in [2.45, 2.75) is 77.4 Å². The minimum absolute atomic E-state index is 0.0858. The first-order chi connectivity index (χ1) is 17.3. The number of ether oxygens (including phenoxy) is 1. The number of hydrogen-bond donors (Lipinski definition) is 2. The normalized spacial score (nSPS) is 16.0. The second-order valence-corrected chi connectivity index (χ2v) is 11.5. The number of hydrogen-bond acceptors (Lipinski definition) is 8. The Kier molecular flexibility index (Phi) is 6.94. The summed E-state index contributed by atoms with van der Waals surface area (Å²) in [5.74, 6) is -1.44. The number of nitrogens with one attached hydrogen (secondary N) is 1. The predicted octanol–water partition coefficient (Wildman–Crippen LogP) is 3.93. The second-order valence-electron chi connectivity index (χ2n) is 9.41. The molecule has 0 atom stereocenters. The van der Waals surface area contributed by atoms with Gasteiger partial charge in [-0.1, -0.05) is 6.42 Å². The lowest BCUT2D eigenvalue weighted by molar-refractivity contribution is -0.116. The van der Waals surface area contributed by atoms with Crippen molar-refractivity contribution in [3.8, 4) is 0 Å². The number of amides is 2. The maximum atomic E-state index is 13.2. The van der Waals surface area contributed by atoms with Gasteiger partial charge in [0.1, 0.15) is 27.4 Å². The van der Waals surface area contributed by atoms with E-state index < -0.39 is 23.3 Å². The van der Waals surface area contributed by atoms with Crippen LogP contribution in [0.25, 0.3) is 10.2 Å². The average molecular weight is 529 g/mol. The number of nitrogens with zero attached hydrogens (tertiary/aromatic N) is 2. The summed E-state index contributed by atoms with van der Waals surface area (Å²) in [6, 6.07) is 0. The molecule has 9 nitrogen and oxygen atoms in total. The number of esters is 1. The zero-order chi connectivity index (χ0) is 25.4. The number of anilines is 1. The number of aryl methyl sites for hydroxylation is 2. The molecule has 2 aliphatic rings. The van der Waals surface area contributed by atoms with Crippen LogP contribution in [0.3, 0.4) is 0 Å². The first-order valence-electron chi connectivity index (χ1n) is 12.3. The zero-order valence-electron chi connectivity index (χ0n) is 20.1. The highest BCUT2D eigenvalue weighted by atomic mass is 32.1. The molecule has 0 saturated heterocycles. The molecule has 3 aromatic rings. The van der Waals surface area contributed by atoms with Crippen LogP contribution in [0.4, 0.5) is 5.00 Å². The van der Waals surface area contributed by atoms with Gasteiger partial charge in [-0.25, -0.2) is 9.78 Å². The SMILES string of the molecule is Cc1c(C(=O)OC2CCCCC2)sc2ncn(CC(=O)Nc3sc4c(c3C(N)=O)CCCC4)c(=O)c12. The van der Waals surface area contributed by atoms with Crippen LogP contribution in [0, 0.1) is 6.92 Å². The standard InChI is InChI=1S/C25H28N4O5S2/c1-13-18-22(36-20(13)25(33)34-14-7-3-2-4-8-14)27-12-29(24(18)32)11-17(30)28-23-19(21(26)31)15-9-5-6-10-16(15)35-23/h12,14H,2-11H2,1H3,(H2,26,31)(H,28,30). The van der Waals surface area contributed by atoms with E-state index in [9.17, 15) is 19.2 Å². The highest BCUT2D eigenvalue weighted by Crippen LogP contribution is 2.38. The Morgan fingerprint density at radius 3 is 2.64 bits per heavy atom. The quantitative estimate of drug-likeness (QED) is 0.466. The lowest BCUT2D eigenvalue weighted by Crippen LogP contribution is -2.28. The molecule has 0 aromatic carbocycles. The van der Waals surface area contributed by atoms with E-state index in [0.29, 0.717) is 31.2 Å². The van der Waals surface area contributed by atoms with Gasteiger partial charge in [-0.15, -0.1) is 22.7 Å². The predicted molar refractivity (Wildman–Crippen MR) is 139 cm³/mol. The van der Waals surface area contributed by atoms with E-state index in [1.54, 1.807) is 6.92 Å². The van der Waals surface area contributed by atoms with Gasteiger partial charge >= 0.3 is 5.97 Å². The van der Waals surface area contributed by atoms with Crippen LogP contribution in [-0.2, 0) is 28.9 Å². The van der Waals surface area contributed by atoms with Gasteiger partial charge in [-0.2, -0.15) is 0 Å². The maximum Gasteiger partial charge on any atom is 0.348 e. The van der Waals surface area contributed by atoms with Crippen LogP contribution in [0.1, 0.15) is 81.0 Å². The number of aromatic nitrogens is 2. The Bertz CT molecular complexity index is 1410. The molecule has 0 radical (unpaired) electrons. The summed E-state index contributed by atoms with van der Waals surface area (Å²) in [5, 5.41) is 3.52. The van der Waals surface area contributed by atoms with Crippen molar-refractivity contribution in [3.63, 3.8) is 0 Å². The third-order valence-electron chi connectivity index (χ3n) is 6.91. The van der Waals surface area contributed by atoms with Crippen LogP contribution >= 0.6 is 22.7 Å². The van der Waals surface area contributed by atoms with Crippen molar-refractivity contribution >= 4 is 55.7 Å². The molecule has 3 N–H and O–H groups in total. The summed E-state index contributed by atoms with van der Waals surface area (Å²) < 4.78 is 6.90. The second kappa shape index (κ2) is 10.1. The molecule has 3 aromatic heterocycles. The Morgan fingerprint density at radius 1 is 1.14 bits per heavy atom. The molecule has 3 heterocycles. The number of thiophene rings is 2. The topological polar surface area (TPSA) is 133 Å². The summed E-state index contributed by atoms with van der Waals surface area (Å²) >= 11 is 2.51. The van der Waals surface area contributed by atoms with Crippen molar-refractivity contribution in [2.75, 3.05) is 5.32 Å². The fraction of sp³-hybridized carbons (Fsp3) is 0.480. The Hall–Kier alpha value is -3.05. The van der Waals surface area contributed by atoms with E-state index in [1.807, 2.05) is 0 Å². The molecular weight excluding hydrogens is 500 g/mol. The monoisotopic (exact) mass is 528 g/mol. The van der Waals surface area contributed by atoms with Crippen molar-refractivity contribution in [2.24, 2.45) is 5.73 Å². The number of fused-ring (bicyclic) bond motifs is 2. The van der Waals surface area contributed by atoms with Gasteiger partial charge in [0.15, 0.2) is 0 Å². The first kappa shape index (κ1) is 24.6. The van der Waals surface area contributed by atoms with E-state index >= 15 is 0 Å². The van der Waals surface area contributed by atoms with Gasteiger partial charge < -0.3 is 15.8 Å². The van der Waals surface area contributed by atoms with Crippen molar-refractivity contribution < 1.29 is 19.1 Å². The number of nitrogens with two attached hydrogens (primary N) is 1.